The van der Waals surface area contributed by atoms with Crippen LogP contribution in [0.4, 0.5) is 11.4 Å². The van der Waals surface area contributed by atoms with E-state index in [9.17, 15) is 14.9 Å². The molecule has 0 amide bonds. The number of hydrogen-bond acceptors (Lipinski definition) is 5. The highest BCUT2D eigenvalue weighted by Crippen LogP contribution is 2.41. The molecule has 0 fully saturated rings. The molecule has 1 aliphatic rings. The van der Waals surface area contributed by atoms with Gasteiger partial charge in [-0.25, -0.2) is 0 Å². The second kappa shape index (κ2) is 6.77. The number of carbonyl (C=O) groups is 1. The summed E-state index contributed by atoms with van der Waals surface area (Å²) in [5, 5.41) is 15.5. The topological polar surface area (TPSA) is 85.1 Å². The van der Waals surface area contributed by atoms with Crippen LogP contribution < -0.4 is 5.32 Å². The molecule has 0 bridgehead atoms. The van der Waals surface area contributed by atoms with E-state index in [2.05, 4.69) is 5.32 Å². The standard InChI is InChI=1S/C24H17N3O3/c28-23-20-6-2-4-8-22(20)26-24(23,17-10-13-19(14-11-17)27(29)30)15-18-12-9-16-5-1-3-7-21(16)25-18/h1-14,26H,15H2. The van der Waals surface area contributed by atoms with Crippen LogP contribution in [-0.4, -0.2) is 15.7 Å². The van der Waals surface area contributed by atoms with Gasteiger partial charge in [-0.05, 0) is 42.0 Å². The maximum absolute atomic E-state index is 13.6. The van der Waals surface area contributed by atoms with Crippen molar-refractivity contribution >= 4 is 28.1 Å². The van der Waals surface area contributed by atoms with E-state index in [0.29, 0.717) is 17.5 Å². The van der Waals surface area contributed by atoms with Gasteiger partial charge in [-0.2, -0.15) is 0 Å². The molecule has 1 unspecified atom stereocenters. The van der Waals surface area contributed by atoms with E-state index < -0.39 is 10.5 Å². The number of benzene rings is 3. The van der Waals surface area contributed by atoms with Crippen molar-refractivity contribution in [3.8, 4) is 0 Å². The molecular weight excluding hydrogens is 378 g/mol. The number of carbonyl (C=O) groups excluding carboxylic acids is 1. The quantitative estimate of drug-likeness (QED) is 0.393. The summed E-state index contributed by atoms with van der Waals surface area (Å²) in [7, 11) is 0. The molecule has 0 saturated heterocycles. The molecule has 1 aromatic heterocycles. The SMILES string of the molecule is O=C1c2ccccc2NC1(Cc1ccc2ccccc2n1)c1ccc([N+](=O)[O-])cc1. The lowest BCUT2D eigenvalue weighted by Gasteiger charge is -2.29. The summed E-state index contributed by atoms with van der Waals surface area (Å²) in [6.07, 6.45) is 0.323. The molecule has 6 heteroatoms. The van der Waals surface area contributed by atoms with Gasteiger partial charge < -0.3 is 5.32 Å². The number of para-hydroxylation sites is 2. The summed E-state index contributed by atoms with van der Waals surface area (Å²) in [4.78, 5) is 29.0. The Morgan fingerprint density at radius 1 is 0.900 bits per heavy atom. The van der Waals surface area contributed by atoms with Crippen LogP contribution in [0, 0.1) is 10.1 Å². The molecule has 30 heavy (non-hydrogen) atoms. The fourth-order valence-corrected chi connectivity index (χ4v) is 4.08. The second-order valence-corrected chi connectivity index (χ2v) is 7.38. The van der Waals surface area contributed by atoms with Gasteiger partial charge in [-0.15, -0.1) is 0 Å². The Hall–Kier alpha value is -4.06. The molecular formula is C24H17N3O3. The normalized spacial score (nSPS) is 17.5. The van der Waals surface area contributed by atoms with Gasteiger partial charge in [0.1, 0.15) is 5.54 Å². The summed E-state index contributed by atoms with van der Waals surface area (Å²) in [5.41, 5.74) is 2.56. The summed E-state index contributed by atoms with van der Waals surface area (Å²) < 4.78 is 0. The van der Waals surface area contributed by atoms with Crippen molar-refractivity contribution in [2.45, 2.75) is 12.0 Å². The summed E-state index contributed by atoms with van der Waals surface area (Å²) >= 11 is 0. The molecule has 1 atom stereocenters. The van der Waals surface area contributed by atoms with Crippen molar-refractivity contribution in [3.63, 3.8) is 0 Å². The Morgan fingerprint density at radius 2 is 1.63 bits per heavy atom. The Kier molecular flexibility index (Phi) is 4.06. The van der Waals surface area contributed by atoms with Gasteiger partial charge in [0.2, 0.25) is 0 Å². The number of aromatic nitrogens is 1. The first kappa shape index (κ1) is 18.0. The van der Waals surface area contributed by atoms with Crippen LogP contribution >= 0.6 is 0 Å². The smallest absolute Gasteiger partial charge is 0.269 e. The lowest BCUT2D eigenvalue weighted by atomic mass is 9.81. The van der Waals surface area contributed by atoms with Gasteiger partial charge in [0.15, 0.2) is 5.78 Å². The van der Waals surface area contributed by atoms with Crippen LogP contribution in [0.3, 0.4) is 0 Å². The molecule has 0 radical (unpaired) electrons. The summed E-state index contributed by atoms with van der Waals surface area (Å²) in [6, 6.07) is 25.3. The molecule has 4 aromatic rings. The maximum atomic E-state index is 13.6. The van der Waals surface area contributed by atoms with Crippen LogP contribution in [0.15, 0.2) is 84.9 Å². The zero-order valence-electron chi connectivity index (χ0n) is 15.9. The number of pyridine rings is 1. The lowest BCUT2D eigenvalue weighted by Crippen LogP contribution is -2.41. The largest absolute Gasteiger partial charge is 0.368 e. The number of fused-ring (bicyclic) bond motifs is 2. The first-order chi connectivity index (χ1) is 14.6. The number of nitrogens with zero attached hydrogens (tertiary/aromatic N) is 2. The predicted molar refractivity (Wildman–Crippen MR) is 115 cm³/mol. The van der Waals surface area contributed by atoms with E-state index in [1.54, 1.807) is 18.2 Å². The van der Waals surface area contributed by atoms with Crippen molar-refractivity contribution in [1.29, 1.82) is 0 Å². The average Bonchev–Trinajstić information content (AvgIpc) is 3.06. The van der Waals surface area contributed by atoms with Crippen molar-refractivity contribution < 1.29 is 9.72 Å². The molecule has 3 aromatic carbocycles. The number of hydrogen-bond donors (Lipinski definition) is 1. The number of ketones is 1. The molecule has 0 aliphatic carbocycles. The minimum absolute atomic E-state index is 0.0132. The zero-order valence-corrected chi connectivity index (χ0v) is 15.9. The van der Waals surface area contributed by atoms with Crippen LogP contribution in [0.25, 0.3) is 10.9 Å². The van der Waals surface area contributed by atoms with E-state index in [-0.39, 0.29) is 11.5 Å². The molecule has 6 nitrogen and oxygen atoms in total. The maximum Gasteiger partial charge on any atom is 0.269 e. The van der Waals surface area contributed by atoms with Crippen molar-refractivity contribution in [1.82, 2.24) is 4.98 Å². The summed E-state index contributed by atoms with van der Waals surface area (Å²) in [6.45, 7) is 0. The zero-order chi connectivity index (χ0) is 20.7. The fourth-order valence-electron chi connectivity index (χ4n) is 4.08. The van der Waals surface area contributed by atoms with Gasteiger partial charge in [-0.3, -0.25) is 19.9 Å². The molecule has 5 rings (SSSR count). The van der Waals surface area contributed by atoms with Crippen molar-refractivity contribution in [2.75, 3.05) is 5.32 Å². The van der Waals surface area contributed by atoms with Gasteiger partial charge >= 0.3 is 0 Å². The van der Waals surface area contributed by atoms with E-state index in [1.807, 2.05) is 54.6 Å². The second-order valence-electron chi connectivity index (χ2n) is 7.38. The average molecular weight is 395 g/mol. The Bertz CT molecular complexity index is 1300. The van der Waals surface area contributed by atoms with E-state index in [1.165, 1.54) is 12.1 Å². The van der Waals surface area contributed by atoms with Gasteiger partial charge in [0, 0.05) is 40.9 Å². The number of rotatable bonds is 4. The van der Waals surface area contributed by atoms with Crippen LogP contribution in [0.1, 0.15) is 21.6 Å². The molecule has 0 spiro atoms. The number of nitrogens with one attached hydrogen (secondary N) is 1. The molecule has 146 valence electrons. The fraction of sp³-hybridized carbons (Fsp3) is 0.0833. The van der Waals surface area contributed by atoms with Gasteiger partial charge in [0.25, 0.3) is 5.69 Å². The Labute approximate surface area is 172 Å². The number of nitro groups is 1. The third-order valence-corrected chi connectivity index (χ3v) is 5.58. The van der Waals surface area contributed by atoms with E-state index >= 15 is 0 Å². The molecule has 2 heterocycles. The predicted octanol–water partition coefficient (Wildman–Crippen LogP) is 4.89. The van der Waals surface area contributed by atoms with E-state index in [0.717, 1.165) is 22.3 Å². The number of nitro benzene ring substituents is 1. The van der Waals surface area contributed by atoms with Crippen LogP contribution in [0.5, 0.6) is 0 Å². The van der Waals surface area contributed by atoms with Crippen LogP contribution in [0.2, 0.25) is 0 Å². The van der Waals surface area contributed by atoms with Crippen LogP contribution in [-0.2, 0) is 12.0 Å². The molecule has 1 N–H and O–H groups in total. The third-order valence-electron chi connectivity index (χ3n) is 5.58. The number of Topliss-reactive ketones (excluding diaryl/α,β-unsaturated/α-hetero) is 1. The van der Waals surface area contributed by atoms with Crippen molar-refractivity contribution in [3.05, 3.63) is 112 Å². The minimum Gasteiger partial charge on any atom is -0.368 e. The highest BCUT2D eigenvalue weighted by molar-refractivity contribution is 6.13. The number of non-ortho nitro benzene ring substituents is 1. The molecule has 1 aliphatic heterocycles. The Morgan fingerprint density at radius 3 is 2.40 bits per heavy atom. The Balaban J connectivity index is 1.63. The number of anilines is 1. The van der Waals surface area contributed by atoms with Crippen molar-refractivity contribution in [2.24, 2.45) is 0 Å². The van der Waals surface area contributed by atoms with E-state index in [4.69, 9.17) is 4.98 Å². The highest BCUT2D eigenvalue weighted by Gasteiger charge is 2.47. The monoisotopic (exact) mass is 395 g/mol. The lowest BCUT2D eigenvalue weighted by molar-refractivity contribution is -0.384. The summed E-state index contributed by atoms with van der Waals surface area (Å²) in [5.74, 6) is -0.0677. The third kappa shape index (κ3) is 2.81. The highest BCUT2D eigenvalue weighted by atomic mass is 16.6. The first-order valence-electron chi connectivity index (χ1n) is 9.58. The van der Waals surface area contributed by atoms with Gasteiger partial charge in [-0.1, -0.05) is 36.4 Å². The van der Waals surface area contributed by atoms with Gasteiger partial charge in [0.05, 0.1) is 10.4 Å². The minimum atomic E-state index is -1.08. The first-order valence-corrected chi connectivity index (χ1v) is 9.58. The molecule has 0 saturated carbocycles.